The second-order valence-electron chi connectivity index (χ2n) is 9.80. The van der Waals surface area contributed by atoms with Crippen LogP contribution >= 0.6 is 0 Å². The molecule has 1 amide bonds. The highest BCUT2D eigenvalue weighted by atomic mass is 32.2. The van der Waals surface area contributed by atoms with Crippen LogP contribution in [-0.4, -0.2) is 54.0 Å². The third-order valence-corrected chi connectivity index (χ3v) is 8.43. The number of carbonyl (C=O) groups is 1. The largest absolute Gasteiger partial charge is 0.371 e. The molecule has 4 rings (SSSR count). The first kappa shape index (κ1) is 25.2. The lowest BCUT2D eigenvalue weighted by molar-refractivity contribution is 0.0932. The van der Waals surface area contributed by atoms with E-state index in [-0.39, 0.29) is 29.7 Å². The molecule has 1 fully saturated rings. The molecule has 1 aromatic carbocycles. The Morgan fingerprint density at radius 1 is 1.11 bits per heavy atom. The van der Waals surface area contributed by atoms with E-state index < -0.39 is 9.84 Å². The van der Waals surface area contributed by atoms with Crippen molar-refractivity contribution in [1.82, 2.24) is 20.1 Å². The average molecular weight is 498 g/mol. The average Bonchev–Trinajstić information content (AvgIpc) is 3.28. The fourth-order valence-electron chi connectivity index (χ4n) is 4.48. The number of anilines is 1. The molecule has 0 saturated carbocycles. The van der Waals surface area contributed by atoms with E-state index in [4.69, 9.17) is 4.98 Å². The molecular formula is C26H35N5O3S. The maximum absolute atomic E-state index is 13.3. The number of nitrogens with zero attached hydrogens (tertiary/aromatic N) is 4. The van der Waals surface area contributed by atoms with Gasteiger partial charge >= 0.3 is 0 Å². The van der Waals surface area contributed by atoms with Crippen LogP contribution in [0.25, 0.3) is 11.0 Å². The highest BCUT2D eigenvalue weighted by molar-refractivity contribution is 7.91. The molecule has 1 aliphatic heterocycles. The van der Waals surface area contributed by atoms with Gasteiger partial charge in [0.05, 0.1) is 27.8 Å². The van der Waals surface area contributed by atoms with Gasteiger partial charge in [-0.2, -0.15) is 5.10 Å². The summed E-state index contributed by atoms with van der Waals surface area (Å²) in [5, 5.41) is 8.49. The number of carbonyl (C=O) groups excluding carboxylic acids is 1. The van der Waals surface area contributed by atoms with Crippen molar-refractivity contribution >= 4 is 32.5 Å². The predicted octanol–water partition coefficient (Wildman–Crippen LogP) is 4.33. The van der Waals surface area contributed by atoms with Gasteiger partial charge in [0.25, 0.3) is 5.91 Å². The molecule has 0 bridgehead atoms. The highest BCUT2D eigenvalue weighted by Gasteiger charge is 2.24. The van der Waals surface area contributed by atoms with Crippen LogP contribution in [0.3, 0.4) is 0 Å². The quantitative estimate of drug-likeness (QED) is 0.522. The molecule has 0 spiro atoms. The van der Waals surface area contributed by atoms with Crippen molar-refractivity contribution in [2.75, 3.05) is 23.7 Å². The molecule has 1 N–H and O–H groups in total. The van der Waals surface area contributed by atoms with E-state index in [1.165, 1.54) is 0 Å². The molecule has 188 valence electrons. The van der Waals surface area contributed by atoms with Gasteiger partial charge in [-0.3, -0.25) is 4.79 Å². The smallest absolute Gasteiger partial charge is 0.252 e. The zero-order valence-corrected chi connectivity index (χ0v) is 22.0. The zero-order chi connectivity index (χ0) is 25.3. The van der Waals surface area contributed by atoms with E-state index in [1.54, 1.807) is 25.3 Å². The third-order valence-electron chi connectivity index (χ3n) is 6.68. The Labute approximate surface area is 207 Å². The monoisotopic (exact) mass is 497 g/mol. The highest BCUT2D eigenvalue weighted by Crippen LogP contribution is 2.26. The first-order valence-corrected chi connectivity index (χ1v) is 14.0. The second-order valence-corrected chi connectivity index (χ2v) is 12.1. The lowest BCUT2D eigenvalue weighted by Gasteiger charge is -2.34. The Hall–Kier alpha value is -2.94. The fourth-order valence-corrected chi connectivity index (χ4v) is 5.36. The maximum atomic E-state index is 13.3. The minimum absolute atomic E-state index is 0.0735. The normalized spacial score (nSPS) is 15.3. The molecule has 8 nitrogen and oxygen atoms in total. The van der Waals surface area contributed by atoms with E-state index in [2.05, 4.69) is 43.0 Å². The van der Waals surface area contributed by atoms with Crippen LogP contribution in [0.15, 0.2) is 41.4 Å². The number of pyridine rings is 1. The standard InChI is InChI=1S/C26H35N5O3S/c1-6-35(33,34)21-9-7-20(8-10-21)30-13-11-19(12-14-30)28-26(32)22-15-24(17(2)3)29-25-23(22)16-27-31(25)18(4)5/h7-10,15-19H,6,11-14H2,1-5H3,(H,28,32). The van der Waals surface area contributed by atoms with Crippen LogP contribution in [0.4, 0.5) is 5.69 Å². The van der Waals surface area contributed by atoms with Gasteiger partial charge < -0.3 is 10.2 Å². The van der Waals surface area contributed by atoms with E-state index >= 15 is 0 Å². The molecule has 3 aromatic rings. The number of aromatic nitrogens is 3. The van der Waals surface area contributed by atoms with Gasteiger partial charge in [-0.25, -0.2) is 18.1 Å². The van der Waals surface area contributed by atoms with Gasteiger partial charge in [-0.05, 0) is 62.9 Å². The minimum atomic E-state index is -3.20. The predicted molar refractivity (Wildman–Crippen MR) is 139 cm³/mol. The maximum Gasteiger partial charge on any atom is 0.252 e. The van der Waals surface area contributed by atoms with Gasteiger partial charge in [0.2, 0.25) is 0 Å². The van der Waals surface area contributed by atoms with Crippen LogP contribution in [-0.2, 0) is 9.84 Å². The molecule has 1 saturated heterocycles. The molecule has 0 unspecified atom stereocenters. The summed E-state index contributed by atoms with van der Waals surface area (Å²) in [6, 6.07) is 9.23. The summed E-state index contributed by atoms with van der Waals surface area (Å²) in [5.41, 5.74) is 3.26. The van der Waals surface area contributed by atoms with Crippen LogP contribution < -0.4 is 10.2 Å². The van der Waals surface area contributed by atoms with Gasteiger partial charge in [0.15, 0.2) is 15.5 Å². The van der Waals surface area contributed by atoms with Crippen LogP contribution in [0, 0.1) is 0 Å². The number of piperidine rings is 1. The van der Waals surface area contributed by atoms with E-state index in [0.29, 0.717) is 10.5 Å². The van der Waals surface area contributed by atoms with Crippen LogP contribution in [0.2, 0.25) is 0 Å². The van der Waals surface area contributed by atoms with Crippen molar-refractivity contribution < 1.29 is 13.2 Å². The van der Waals surface area contributed by atoms with Gasteiger partial charge in [-0.15, -0.1) is 0 Å². The zero-order valence-electron chi connectivity index (χ0n) is 21.2. The van der Waals surface area contributed by atoms with Crippen molar-refractivity contribution in [2.45, 2.75) is 70.4 Å². The molecule has 9 heteroatoms. The Morgan fingerprint density at radius 3 is 2.34 bits per heavy atom. The fraction of sp³-hybridized carbons (Fsp3) is 0.500. The number of amides is 1. The number of nitrogens with one attached hydrogen (secondary N) is 1. The van der Waals surface area contributed by atoms with Crippen LogP contribution in [0.5, 0.6) is 0 Å². The van der Waals surface area contributed by atoms with E-state index in [0.717, 1.165) is 48.3 Å². The number of fused-ring (bicyclic) bond motifs is 1. The molecule has 35 heavy (non-hydrogen) atoms. The van der Waals surface area contributed by atoms with Crippen LogP contribution in [0.1, 0.15) is 75.5 Å². The Morgan fingerprint density at radius 2 is 1.77 bits per heavy atom. The van der Waals surface area contributed by atoms with E-state index in [9.17, 15) is 13.2 Å². The van der Waals surface area contributed by atoms with Crippen molar-refractivity contribution in [3.63, 3.8) is 0 Å². The first-order valence-electron chi connectivity index (χ1n) is 12.4. The SMILES string of the molecule is CCS(=O)(=O)c1ccc(N2CCC(NC(=O)c3cc(C(C)C)nc4c3cnn4C(C)C)CC2)cc1. The lowest BCUT2D eigenvalue weighted by atomic mass is 10.0. The van der Waals surface area contributed by atoms with E-state index in [1.807, 2.05) is 22.9 Å². The molecule has 2 aromatic heterocycles. The number of rotatable bonds is 7. The first-order chi connectivity index (χ1) is 16.6. The molecule has 0 atom stereocenters. The summed E-state index contributed by atoms with van der Waals surface area (Å²) in [4.78, 5) is 20.7. The summed E-state index contributed by atoms with van der Waals surface area (Å²) in [7, 11) is -3.20. The summed E-state index contributed by atoms with van der Waals surface area (Å²) in [6.45, 7) is 11.5. The van der Waals surface area contributed by atoms with Crippen molar-refractivity contribution in [2.24, 2.45) is 0 Å². The summed E-state index contributed by atoms with van der Waals surface area (Å²) >= 11 is 0. The van der Waals surface area contributed by atoms with Gasteiger partial charge in [-0.1, -0.05) is 20.8 Å². The summed E-state index contributed by atoms with van der Waals surface area (Å²) < 4.78 is 26.0. The Kier molecular flexibility index (Phi) is 7.17. The number of hydrogen-bond donors (Lipinski definition) is 1. The second kappa shape index (κ2) is 9.97. The lowest BCUT2D eigenvalue weighted by Crippen LogP contribution is -2.44. The Bertz CT molecular complexity index is 1300. The van der Waals surface area contributed by atoms with Gasteiger partial charge in [0.1, 0.15) is 0 Å². The number of benzene rings is 1. The molecule has 0 aliphatic carbocycles. The summed E-state index contributed by atoms with van der Waals surface area (Å²) in [6.07, 6.45) is 3.38. The summed E-state index contributed by atoms with van der Waals surface area (Å²) in [5.74, 6) is 0.205. The van der Waals surface area contributed by atoms with Gasteiger partial charge in [0, 0.05) is 36.6 Å². The number of hydrogen-bond acceptors (Lipinski definition) is 6. The topological polar surface area (TPSA) is 97.2 Å². The van der Waals surface area contributed by atoms with Crippen molar-refractivity contribution in [1.29, 1.82) is 0 Å². The number of sulfone groups is 1. The Balaban J connectivity index is 1.46. The molecule has 0 radical (unpaired) electrons. The molecular weight excluding hydrogens is 462 g/mol. The van der Waals surface area contributed by atoms with Crippen molar-refractivity contribution in [3.05, 3.63) is 47.8 Å². The molecule has 3 heterocycles. The molecule has 1 aliphatic rings. The third kappa shape index (κ3) is 5.19. The van der Waals surface area contributed by atoms with Crippen molar-refractivity contribution in [3.8, 4) is 0 Å². The minimum Gasteiger partial charge on any atom is -0.371 e.